The first-order valence-electron chi connectivity index (χ1n) is 26.7. The molecule has 0 unspecified atom stereocenters. The van der Waals surface area contributed by atoms with Crippen LogP contribution in [0.5, 0.6) is 0 Å². The average molecular weight is 849 g/mol. The van der Waals surface area contributed by atoms with E-state index < -0.39 is 6.10 Å². The van der Waals surface area contributed by atoms with Crippen molar-refractivity contribution in [1.82, 2.24) is 0 Å². The summed E-state index contributed by atoms with van der Waals surface area (Å²) in [5.74, 6) is 0.801. The zero-order chi connectivity index (χ0) is 44.0. The summed E-state index contributed by atoms with van der Waals surface area (Å²) in [4.78, 5) is 38.0. The summed E-state index contributed by atoms with van der Waals surface area (Å²) >= 11 is 0. The molecule has 0 aliphatic carbocycles. The van der Waals surface area contributed by atoms with Gasteiger partial charge in [-0.15, -0.1) is 0 Å². The summed E-state index contributed by atoms with van der Waals surface area (Å²) in [6.07, 6.45) is 48.0. The Kier molecular flexibility index (Phi) is 45.7. The first-order valence-corrected chi connectivity index (χ1v) is 26.7. The molecule has 0 saturated heterocycles. The molecule has 0 bridgehead atoms. The van der Waals surface area contributed by atoms with Gasteiger partial charge >= 0.3 is 17.9 Å². The topological polar surface area (TPSA) is 78.9 Å². The fourth-order valence-corrected chi connectivity index (χ4v) is 8.17. The lowest BCUT2D eigenvalue weighted by atomic mass is 10.0. The molecule has 0 aromatic rings. The van der Waals surface area contributed by atoms with E-state index >= 15 is 0 Å². The molecule has 0 aromatic carbocycles. The van der Waals surface area contributed by atoms with Crippen molar-refractivity contribution in [1.29, 1.82) is 0 Å². The molecule has 6 heteroatoms. The van der Waals surface area contributed by atoms with Gasteiger partial charge in [-0.3, -0.25) is 14.4 Å². The number of hydrogen-bond donors (Lipinski definition) is 0. The van der Waals surface area contributed by atoms with Crippen molar-refractivity contribution in [2.75, 3.05) is 13.2 Å². The molecule has 0 radical (unpaired) electrons. The molecule has 0 N–H and O–H groups in total. The van der Waals surface area contributed by atoms with Crippen molar-refractivity contribution < 1.29 is 28.6 Å². The lowest BCUT2D eigenvalue weighted by Gasteiger charge is -2.18. The molecule has 0 spiro atoms. The minimum Gasteiger partial charge on any atom is -0.462 e. The van der Waals surface area contributed by atoms with Crippen LogP contribution < -0.4 is 0 Å². The summed E-state index contributed by atoms with van der Waals surface area (Å²) in [5, 5.41) is 0. The summed E-state index contributed by atoms with van der Waals surface area (Å²) in [5.41, 5.74) is 0. The molecule has 0 saturated carbocycles. The molecule has 1 atom stereocenters. The van der Waals surface area contributed by atoms with Gasteiger partial charge in [-0.1, -0.05) is 259 Å². The van der Waals surface area contributed by atoms with Gasteiger partial charge in [0.25, 0.3) is 0 Å². The normalized spacial score (nSPS) is 12.1. The third kappa shape index (κ3) is 47.5. The molecule has 0 amide bonds. The van der Waals surface area contributed by atoms with Crippen LogP contribution >= 0.6 is 0 Å². The first-order chi connectivity index (χ1) is 29.2. The largest absolute Gasteiger partial charge is 0.462 e. The number of esters is 3. The van der Waals surface area contributed by atoms with Crippen LogP contribution in [0.2, 0.25) is 0 Å². The van der Waals surface area contributed by atoms with Crippen molar-refractivity contribution in [2.24, 2.45) is 11.8 Å². The van der Waals surface area contributed by atoms with Crippen molar-refractivity contribution >= 4 is 17.9 Å². The number of unbranched alkanes of at least 4 members (excludes halogenated alkanes) is 33. The number of hydrogen-bond acceptors (Lipinski definition) is 6. The highest BCUT2D eigenvalue weighted by atomic mass is 16.6. The maximum absolute atomic E-state index is 12.8. The molecular weight excluding hydrogens is 745 g/mol. The average Bonchev–Trinajstić information content (AvgIpc) is 3.22. The van der Waals surface area contributed by atoms with Gasteiger partial charge in [0.05, 0.1) is 0 Å². The van der Waals surface area contributed by atoms with E-state index in [4.69, 9.17) is 14.2 Å². The van der Waals surface area contributed by atoms with Crippen molar-refractivity contribution in [3.05, 3.63) is 0 Å². The van der Waals surface area contributed by atoms with E-state index in [-0.39, 0.29) is 31.1 Å². The summed E-state index contributed by atoms with van der Waals surface area (Å²) in [6.45, 7) is 11.4. The van der Waals surface area contributed by atoms with Gasteiger partial charge in [0, 0.05) is 19.3 Å². The fraction of sp³-hybridized carbons (Fsp3) is 0.944. The highest BCUT2D eigenvalue weighted by Gasteiger charge is 2.19. The van der Waals surface area contributed by atoms with Crippen LogP contribution in [-0.4, -0.2) is 37.2 Å². The van der Waals surface area contributed by atoms with E-state index in [2.05, 4.69) is 34.6 Å². The van der Waals surface area contributed by atoms with Crippen LogP contribution in [0.15, 0.2) is 0 Å². The molecular formula is C54H104O6. The Labute approximate surface area is 374 Å². The van der Waals surface area contributed by atoms with E-state index in [0.29, 0.717) is 19.3 Å². The van der Waals surface area contributed by atoms with E-state index in [9.17, 15) is 14.4 Å². The minimum absolute atomic E-state index is 0.0634. The third-order valence-corrected chi connectivity index (χ3v) is 12.2. The number of carbonyl (C=O) groups is 3. The molecule has 0 fully saturated rings. The molecule has 0 aliphatic heterocycles. The molecule has 6 nitrogen and oxygen atoms in total. The Bertz CT molecular complexity index is 916. The Balaban J connectivity index is 4.31. The standard InChI is InChI=1S/C54H104O6/c1-6-7-8-9-10-11-12-13-16-19-24-29-34-39-44-52(55)58-47-51(48-59-53(56)45-40-35-30-26-21-23-28-33-38-43-50(4)5)60-54(57)46-41-36-31-25-20-17-14-15-18-22-27-32-37-42-49(2)3/h49-51H,6-48H2,1-5H3/t51-/m1/s1. The third-order valence-electron chi connectivity index (χ3n) is 12.2. The van der Waals surface area contributed by atoms with Crippen LogP contribution in [0.4, 0.5) is 0 Å². The lowest BCUT2D eigenvalue weighted by Crippen LogP contribution is -2.30. The smallest absolute Gasteiger partial charge is 0.306 e. The fourth-order valence-electron chi connectivity index (χ4n) is 8.17. The van der Waals surface area contributed by atoms with Crippen LogP contribution in [0.1, 0.15) is 298 Å². The van der Waals surface area contributed by atoms with Crippen LogP contribution in [0.3, 0.4) is 0 Å². The predicted octanol–water partition coefficient (Wildman–Crippen LogP) is 17.3. The predicted molar refractivity (Wildman–Crippen MR) is 256 cm³/mol. The first kappa shape index (κ1) is 58.4. The summed E-state index contributed by atoms with van der Waals surface area (Å²) in [7, 11) is 0. The van der Waals surface area contributed by atoms with Crippen molar-refractivity contribution in [3.8, 4) is 0 Å². The van der Waals surface area contributed by atoms with Gasteiger partial charge in [0.2, 0.25) is 0 Å². The van der Waals surface area contributed by atoms with E-state index in [1.165, 1.54) is 186 Å². The van der Waals surface area contributed by atoms with Crippen molar-refractivity contribution in [2.45, 2.75) is 304 Å². The maximum atomic E-state index is 12.8. The second kappa shape index (κ2) is 46.9. The highest BCUT2D eigenvalue weighted by Crippen LogP contribution is 2.17. The molecule has 356 valence electrons. The quantitative estimate of drug-likeness (QED) is 0.0345. The maximum Gasteiger partial charge on any atom is 0.306 e. The molecule has 0 aromatic heterocycles. The van der Waals surface area contributed by atoms with Gasteiger partial charge in [0.15, 0.2) is 6.10 Å². The molecule has 0 heterocycles. The van der Waals surface area contributed by atoms with E-state index in [1.807, 2.05) is 0 Å². The molecule has 0 rings (SSSR count). The number of carbonyl (C=O) groups excluding carboxylic acids is 3. The van der Waals surface area contributed by atoms with Crippen LogP contribution in [0.25, 0.3) is 0 Å². The number of rotatable bonds is 48. The molecule has 60 heavy (non-hydrogen) atoms. The molecule has 0 aliphatic rings. The Morgan fingerprint density at radius 2 is 0.550 bits per heavy atom. The van der Waals surface area contributed by atoms with Gasteiger partial charge in [-0.05, 0) is 31.1 Å². The van der Waals surface area contributed by atoms with Gasteiger partial charge in [-0.2, -0.15) is 0 Å². The van der Waals surface area contributed by atoms with Crippen LogP contribution in [-0.2, 0) is 28.6 Å². The Morgan fingerprint density at radius 3 is 0.817 bits per heavy atom. The monoisotopic (exact) mass is 849 g/mol. The second-order valence-corrected chi connectivity index (χ2v) is 19.5. The Hall–Kier alpha value is -1.59. The zero-order valence-electron chi connectivity index (χ0n) is 41.1. The SMILES string of the molecule is CCCCCCCCCCCCCCCCC(=O)OC[C@H](COC(=O)CCCCCCCCCCCC(C)C)OC(=O)CCCCCCCCCCCCCCCC(C)C. The summed E-state index contributed by atoms with van der Waals surface area (Å²) < 4.78 is 16.8. The van der Waals surface area contributed by atoms with Gasteiger partial charge in [-0.25, -0.2) is 0 Å². The second-order valence-electron chi connectivity index (χ2n) is 19.5. The van der Waals surface area contributed by atoms with E-state index in [1.54, 1.807) is 0 Å². The van der Waals surface area contributed by atoms with Crippen LogP contribution in [0, 0.1) is 11.8 Å². The zero-order valence-corrected chi connectivity index (χ0v) is 41.1. The van der Waals surface area contributed by atoms with E-state index in [0.717, 1.165) is 69.6 Å². The lowest BCUT2D eigenvalue weighted by molar-refractivity contribution is -0.167. The highest BCUT2D eigenvalue weighted by molar-refractivity contribution is 5.71. The van der Waals surface area contributed by atoms with Gasteiger partial charge < -0.3 is 14.2 Å². The minimum atomic E-state index is -0.762. The van der Waals surface area contributed by atoms with Crippen molar-refractivity contribution in [3.63, 3.8) is 0 Å². The Morgan fingerprint density at radius 1 is 0.317 bits per heavy atom. The number of ether oxygens (including phenoxy) is 3. The summed E-state index contributed by atoms with van der Waals surface area (Å²) in [6, 6.07) is 0. The van der Waals surface area contributed by atoms with Gasteiger partial charge in [0.1, 0.15) is 13.2 Å².